The monoisotopic (exact) mass is 313 g/mol. The van der Waals surface area contributed by atoms with E-state index in [4.69, 9.17) is 10.2 Å². The summed E-state index contributed by atoms with van der Waals surface area (Å²) in [7, 11) is 0. The van der Waals surface area contributed by atoms with E-state index in [1.54, 1.807) is 0 Å². The van der Waals surface area contributed by atoms with Crippen molar-refractivity contribution in [1.82, 2.24) is 10.2 Å². The molecule has 2 aromatic rings. The Labute approximate surface area is 112 Å². The van der Waals surface area contributed by atoms with E-state index in [-0.39, 0.29) is 6.04 Å². The Morgan fingerprint density at radius 3 is 2.65 bits per heavy atom. The van der Waals surface area contributed by atoms with Crippen molar-refractivity contribution in [1.29, 1.82) is 0 Å². The summed E-state index contributed by atoms with van der Waals surface area (Å²) in [6, 6.07) is 7.91. The van der Waals surface area contributed by atoms with Crippen LogP contribution in [-0.2, 0) is 5.75 Å². The lowest BCUT2D eigenvalue weighted by molar-refractivity contribution is 0.394. The topological polar surface area (TPSA) is 64.9 Å². The third-order valence-electron chi connectivity index (χ3n) is 2.09. The third-order valence-corrected chi connectivity index (χ3v) is 3.51. The maximum absolute atomic E-state index is 5.64. The van der Waals surface area contributed by atoms with Gasteiger partial charge in [0.05, 0.1) is 6.04 Å². The molecule has 0 bridgehead atoms. The molecule has 1 aromatic carbocycles. The van der Waals surface area contributed by atoms with Gasteiger partial charge >= 0.3 is 0 Å². The van der Waals surface area contributed by atoms with Gasteiger partial charge in [0, 0.05) is 10.2 Å². The van der Waals surface area contributed by atoms with Crippen molar-refractivity contribution < 1.29 is 4.42 Å². The highest BCUT2D eigenvalue weighted by atomic mass is 79.9. The van der Waals surface area contributed by atoms with Gasteiger partial charge in [-0.1, -0.05) is 39.8 Å². The van der Waals surface area contributed by atoms with Crippen LogP contribution >= 0.6 is 27.7 Å². The second kappa shape index (κ2) is 5.66. The summed E-state index contributed by atoms with van der Waals surface area (Å²) in [6.45, 7) is 1.82. The van der Waals surface area contributed by atoms with E-state index in [1.165, 1.54) is 17.3 Å². The third kappa shape index (κ3) is 3.55. The van der Waals surface area contributed by atoms with Crippen molar-refractivity contribution >= 4 is 27.7 Å². The summed E-state index contributed by atoms with van der Waals surface area (Å²) in [5.41, 5.74) is 6.85. The van der Waals surface area contributed by atoms with E-state index in [9.17, 15) is 0 Å². The maximum Gasteiger partial charge on any atom is 0.276 e. The highest BCUT2D eigenvalue weighted by Crippen LogP contribution is 2.23. The fourth-order valence-corrected chi connectivity index (χ4v) is 2.18. The summed E-state index contributed by atoms with van der Waals surface area (Å²) in [6.07, 6.45) is 0. The van der Waals surface area contributed by atoms with Gasteiger partial charge < -0.3 is 10.2 Å². The molecule has 1 atom stereocenters. The van der Waals surface area contributed by atoms with Gasteiger partial charge in [-0.25, -0.2) is 0 Å². The minimum atomic E-state index is -0.218. The molecular weight excluding hydrogens is 302 g/mol. The fraction of sp³-hybridized carbons (Fsp3) is 0.273. The van der Waals surface area contributed by atoms with E-state index in [1.807, 2.05) is 19.1 Å². The van der Waals surface area contributed by atoms with Crippen molar-refractivity contribution in [3.63, 3.8) is 0 Å². The average molecular weight is 314 g/mol. The van der Waals surface area contributed by atoms with E-state index in [2.05, 4.69) is 38.3 Å². The zero-order chi connectivity index (χ0) is 12.3. The zero-order valence-corrected chi connectivity index (χ0v) is 11.7. The van der Waals surface area contributed by atoms with E-state index in [0.717, 1.165) is 10.2 Å². The Bertz CT molecular complexity index is 484. The normalized spacial score (nSPS) is 12.6. The summed E-state index contributed by atoms with van der Waals surface area (Å²) in [5.74, 6) is 1.27. The van der Waals surface area contributed by atoms with Gasteiger partial charge in [0.2, 0.25) is 5.89 Å². The van der Waals surface area contributed by atoms with Gasteiger partial charge in [-0.05, 0) is 24.6 Å². The Balaban J connectivity index is 1.95. The number of aromatic nitrogens is 2. The first kappa shape index (κ1) is 12.6. The molecule has 0 radical (unpaired) electrons. The predicted molar refractivity (Wildman–Crippen MR) is 70.6 cm³/mol. The van der Waals surface area contributed by atoms with Crippen LogP contribution in [0, 0.1) is 0 Å². The second-order valence-electron chi connectivity index (χ2n) is 3.61. The molecule has 0 saturated carbocycles. The van der Waals surface area contributed by atoms with Gasteiger partial charge in [0.15, 0.2) is 0 Å². The van der Waals surface area contributed by atoms with Gasteiger partial charge in [0.1, 0.15) is 0 Å². The summed E-state index contributed by atoms with van der Waals surface area (Å²) in [5, 5.41) is 8.35. The van der Waals surface area contributed by atoms with Crippen LogP contribution in [0.2, 0.25) is 0 Å². The van der Waals surface area contributed by atoms with Crippen LogP contribution < -0.4 is 5.73 Å². The van der Waals surface area contributed by atoms with Crippen molar-refractivity contribution in [3.8, 4) is 0 Å². The molecule has 0 saturated heterocycles. The summed E-state index contributed by atoms with van der Waals surface area (Å²) < 4.78 is 6.47. The first-order valence-electron chi connectivity index (χ1n) is 5.11. The first-order chi connectivity index (χ1) is 8.15. The number of rotatable bonds is 4. The predicted octanol–water partition coefficient (Wildman–Crippen LogP) is 3.14. The maximum atomic E-state index is 5.64. The zero-order valence-electron chi connectivity index (χ0n) is 9.26. The van der Waals surface area contributed by atoms with E-state index >= 15 is 0 Å². The van der Waals surface area contributed by atoms with E-state index in [0.29, 0.717) is 11.1 Å². The van der Waals surface area contributed by atoms with Crippen LogP contribution in [0.15, 0.2) is 38.4 Å². The smallest absolute Gasteiger partial charge is 0.276 e. The number of nitrogens with zero attached hydrogens (tertiary/aromatic N) is 2. The molecule has 0 fully saturated rings. The number of nitrogens with two attached hydrogens (primary N) is 1. The molecular formula is C11H12BrN3OS. The van der Waals surface area contributed by atoms with Crippen LogP contribution in [0.1, 0.15) is 24.4 Å². The van der Waals surface area contributed by atoms with Gasteiger partial charge in [0.25, 0.3) is 5.22 Å². The molecule has 0 spiro atoms. The molecule has 1 unspecified atom stereocenters. The van der Waals surface area contributed by atoms with Crippen molar-refractivity contribution in [2.24, 2.45) is 5.73 Å². The van der Waals surface area contributed by atoms with Crippen LogP contribution in [0.4, 0.5) is 0 Å². The molecule has 1 aromatic heterocycles. The number of hydrogen-bond donors (Lipinski definition) is 1. The average Bonchev–Trinajstić information content (AvgIpc) is 2.77. The molecule has 2 N–H and O–H groups in total. The summed E-state index contributed by atoms with van der Waals surface area (Å²) >= 11 is 4.91. The lowest BCUT2D eigenvalue weighted by Gasteiger charge is -1.98. The second-order valence-corrected chi connectivity index (χ2v) is 5.45. The number of halogens is 1. The molecule has 1 heterocycles. The molecule has 90 valence electrons. The van der Waals surface area contributed by atoms with Crippen LogP contribution in [-0.4, -0.2) is 10.2 Å². The Morgan fingerprint density at radius 2 is 2.06 bits per heavy atom. The van der Waals surface area contributed by atoms with Gasteiger partial charge in [-0.3, -0.25) is 0 Å². The van der Waals surface area contributed by atoms with Crippen molar-refractivity contribution in [2.75, 3.05) is 0 Å². The minimum absolute atomic E-state index is 0.218. The molecule has 4 nitrogen and oxygen atoms in total. The largest absolute Gasteiger partial charge is 0.414 e. The SMILES string of the molecule is CC(N)c1nnc(SCc2ccc(Br)cc2)o1. The molecule has 2 rings (SSSR count). The highest BCUT2D eigenvalue weighted by molar-refractivity contribution is 9.10. The molecule has 0 aliphatic rings. The quantitative estimate of drug-likeness (QED) is 0.878. The minimum Gasteiger partial charge on any atom is -0.414 e. The van der Waals surface area contributed by atoms with Gasteiger partial charge in [-0.2, -0.15) is 0 Å². The van der Waals surface area contributed by atoms with Crippen molar-refractivity contribution in [3.05, 3.63) is 40.2 Å². The number of hydrogen-bond acceptors (Lipinski definition) is 5. The van der Waals surface area contributed by atoms with Crippen LogP contribution in [0.25, 0.3) is 0 Å². The molecule has 0 aliphatic carbocycles. The summed E-state index contributed by atoms with van der Waals surface area (Å²) in [4.78, 5) is 0. The first-order valence-corrected chi connectivity index (χ1v) is 6.89. The lowest BCUT2D eigenvalue weighted by atomic mass is 10.2. The lowest BCUT2D eigenvalue weighted by Crippen LogP contribution is -2.04. The number of benzene rings is 1. The molecule has 0 aliphatic heterocycles. The Morgan fingerprint density at radius 1 is 1.35 bits per heavy atom. The van der Waals surface area contributed by atoms with Crippen LogP contribution in [0.5, 0.6) is 0 Å². The number of thioether (sulfide) groups is 1. The standard InChI is InChI=1S/C11H12BrN3OS/c1-7(13)10-14-15-11(16-10)17-6-8-2-4-9(12)5-3-8/h2-5,7H,6,13H2,1H3. The van der Waals surface area contributed by atoms with E-state index < -0.39 is 0 Å². The van der Waals surface area contributed by atoms with Gasteiger partial charge in [-0.15, -0.1) is 10.2 Å². The Kier molecular flexibility index (Phi) is 4.20. The molecule has 6 heteroatoms. The molecule has 0 amide bonds. The van der Waals surface area contributed by atoms with Crippen LogP contribution in [0.3, 0.4) is 0 Å². The van der Waals surface area contributed by atoms with Crippen molar-refractivity contribution in [2.45, 2.75) is 23.9 Å². The fourth-order valence-electron chi connectivity index (χ4n) is 1.19. The molecule has 17 heavy (non-hydrogen) atoms. The highest BCUT2D eigenvalue weighted by Gasteiger charge is 2.10. The Hall–Kier alpha value is -0.850.